The first kappa shape index (κ1) is 24.7. The molecule has 1 atom stereocenters. The van der Waals surface area contributed by atoms with Crippen LogP contribution in [-0.2, 0) is 34.3 Å². The van der Waals surface area contributed by atoms with E-state index in [4.69, 9.17) is 4.74 Å². The summed E-state index contributed by atoms with van der Waals surface area (Å²) in [7, 11) is 1.85. The quantitative estimate of drug-likeness (QED) is 0.591. The zero-order valence-corrected chi connectivity index (χ0v) is 20.6. The molecular weight excluding hydrogens is 436 g/mol. The number of aromatic nitrogens is 2. The van der Waals surface area contributed by atoms with Crippen LogP contribution in [-0.4, -0.2) is 101 Å². The fourth-order valence-electron chi connectivity index (χ4n) is 5.15. The number of likely N-dealkylation sites (tertiary alicyclic amines) is 1. The molecule has 10 nitrogen and oxygen atoms in total. The Kier molecular flexibility index (Phi) is 8.20. The fraction of sp³-hybridized carbons (Fsp3) is 0.750. The molecule has 34 heavy (non-hydrogen) atoms. The molecule has 3 aliphatic heterocycles. The van der Waals surface area contributed by atoms with Crippen LogP contribution in [0, 0.1) is 0 Å². The highest BCUT2D eigenvalue weighted by atomic mass is 16.5. The molecule has 3 aliphatic rings. The Bertz CT molecular complexity index is 888. The summed E-state index contributed by atoms with van der Waals surface area (Å²) >= 11 is 0. The molecule has 2 fully saturated rings. The van der Waals surface area contributed by atoms with Crippen molar-refractivity contribution in [1.82, 2.24) is 29.8 Å². The van der Waals surface area contributed by atoms with E-state index in [-0.39, 0.29) is 30.6 Å². The standard InChI is InChI=1S/C24H38N6O4/c1-18(28-10-3-4-11-28)7-9-25-21(31)5-6-22(32)30-12-8-20-19(17-30)23(26-27(20)2)24(33)29-13-15-34-16-14-29/h18H,3-17H2,1-2H3,(H,25,31). The maximum Gasteiger partial charge on any atom is 0.274 e. The number of carbonyl (C=O) groups excluding carboxylic acids is 3. The van der Waals surface area contributed by atoms with E-state index in [1.165, 1.54) is 12.8 Å². The normalized spacial score (nSPS) is 19.7. The molecule has 0 bridgehead atoms. The van der Waals surface area contributed by atoms with E-state index in [0.29, 0.717) is 64.1 Å². The Morgan fingerprint density at radius 3 is 2.50 bits per heavy atom. The van der Waals surface area contributed by atoms with E-state index in [0.717, 1.165) is 30.8 Å². The maximum absolute atomic E-state index is 13.0. The van der Waals surface area contributed by atoms with Gasteiger partial charge in [-0.2, -0.15) is 5.10 Å². The molecule has 0 saturated carbocycles. The second kappa shape index (κ2) is 11.3. The van der Waals surface area contributed by atoms with Crippen molar-refractivity contribution in [2.24, 2.45) is 7.05 Å². The molecule has 3 amide bonds. The zero-order valence-electron chi connectivity index (χ0n) is 20.6. The molecule has 2 saturated heterocycles. The Hall–Kier alpha value is -2.46. The van der Waals surface area contributed by atoms with Crippen molar-refractivity contribution >= 4 is 17.7 Å². The minimum Gasteiger partial charge on any atom is -0.378 e. The van der Waals surface area contributed by atoms with E-state index in [1.807, 2.05) is 7.05 Å². The summed E-state index contributed by atoms with van der Waals surface area (Å²) in [4.78, 5) is 44.2. The van der Waals surface area contributed by atoms with Crippen LogP contribution < -0.4 is 5.32 Å². The summed E-state index contributed by atoms with van der Waals surface area (Å²) in [6, 6.07) is 0.473. The lowest BCUT2D eigenvalue weighted by Gasteiger charge is -2.29. The number of aryl methyl sites for hydroxylation is 1. The van der Waals surface area contributed by atoms with Crippen LogP contribution in [0.25, 0.3) is 0 Å². The van der Waals surface area contributed by atoms with Gasteiger partial charge in [0.1, 0.15) is 0 Å². The summed E-state index contributed by atoms with van der Waals surface area (Å²) in [5.41, 5.74) is 2.27. The van der Waals surface area contributed by atoms with Crippen molar-refractivity contribution in [1.29, 1.82) is 0 Å². The average molecular weight is 475 g/mol. The van der Waals surface area contributed by atoms with Gasteiger partial charge in [0.2, 0.25) is 11.8 Å². The van der Waals surface area contributed by atoms with Crippen LogP contribution in [0.3, 0.4) is 0 Å². The number of ether oxygens (including phenoxy) is 1. The lowest BCUT2D eigenvalue weighted by molar-refractivity contribution is -0.134. The lowest BCUT2D eigenvalue weighted by atomic mass is 10.0. The van der Waals surface area contributed by atoms with Crippen molar-refractivity contribution in [3.8, 4) is 0 Å². The lowest BCUT2D eigenvalue weighted by Crippen LogP contribution is -2.42. The van der Waals surface area contributed by atoms with E-state index >= 15 is 0 Å². The van der Waals surface area contributed by atoms with Crippen molar-refractivity contribution in [3.63, 3.8) is 0 Å². The molecule has 1 N–H and O–H groups in total. The van der Waals surface area contributed by atoms with Crippen LogP contribution in [0.5, 0.6) is 0 Å². The molecule has 1 aromatic rings. The highest BCUT2D eigenvalue weighted by Crippen LogP contribution is 2.24. The molecule has 0 aromatic carbocycles. The van der Waals surface area contributed by atoms with Gasteiger partial charge in [-0.1, -0.05) is 0 Å². The first-order valence-corrected chi connectivity index (χ1v) is 12.6. The van der Waals surface area contributed by atoms with Crippen LogP contribution in [0.15, 0.2) is 0 Å². The smallest absolute Gasteiger partial charge is 0.274 e. The average Bonchev–Trinajstić information content (AvgIpc) is 3.51. The number of hydrogen-bond acceptors (Lipinski definition) is 6. The van der Waals surface area contributed by atoms with Crippen LogP contribution in [0.2, 0.25) is 0 Å². The first-order chi connectivity index (χ1) is 16.4. The number of amides is 3. The Morgan fingerprint density at radius 1 is 1.03 bits per heavy atom. The van der Waals surface area contributed by atoms with Gasteiger partial charge < -0.3 is 24.8 Å². The predicted octanol–water partition coefficient (Wildman–Crippen LogP) is 0.548. The van der Waals surface area contributed by atoms with Gasteiger partial charge in [-0.05, 0) is 39.3 Å². The maximum atomic E-state index is 13.0. The van der Waals surface area contributed by atoms with Crippen LogP contribution in [0.1, 0.15) is 60.8 Å². The van der Waals surface area contributed by atoms with E-state index < -0.39 is 0 Å². The Labute approximate surface area is 201 Å². The van der Waals surface area contributed by atoms with Gasteiger partial charge in [-0.25, -0.2) is 0 Å². The number of rotatable bonds is 8. The monoisotopic (exact) mass is 474 g/mol. The molecule has 1 unspecified atom stereocenters. The Balaban J connectivity index is 1.25. The summed E-state index contributed by atoms with van der Waals surface area (Å²) in [6.07, 6.45) is 4.47. The Morgan fingerprint density at radius 2 is 1.76 bits per heavy atom. The summed E-state index contributed by atoms with van der Waals surface area (Å²) in [6.45, 7) is 8.26. The molecule has 1 aromatic heterocycles. The van der Waals surface area contributed by atoms with Crippen molar-refractivity contribution < 1.29 is 19.1 Å². The highest BCUT2D eigenvalue weighted by Gasteiger charge is 2.31. The second-order valence-corrected chi connectivity index (χ2v) is 9.60. The molecule has 10 heteroatoms. The zero-order chi connectivity index (χ0) is 24.1. The summed E-state index contributed by atoms with van der Waals surface area (Å²) < 4.78 is 7.12. The first-order valence-electron chi connectivity index (χ1n) is 12.6. The van der Waals surface area contributed by atoms with Gasteiger partial charge in [0, 0.05) is 76.3 Å². The molecule has 188 valence electrons. The number of morpholine rings is 1. The molecule has 4 heterocycles. The van der Waals surface area contributed by atoms with E-state index in [9.17, 15) is 14.4 Å². The SMILES string of the molecule is CC(CCNC(=O)CCC(=O)N1CCc2c(c(C(=O)N3CCOCC3)nn2C)C1)N1CCCC1. The van der Waals surface area contributed by atoms with Gasteiger partial charge in [-0.15, -0.1) is 0 Å². The number of hydrogen-bond donors (Lipinski definition) is 1. The van der Waals surface area contributed by atoms with Crippen LogP contribution in [0.4, 0.5) is 0 Å². The summed E-state index contributed by atoms with van der Waals surface area (Å²) in [5.74, 6) is -0.235. The van der Waals surface area contributed by atoms with Gasteiger partial charge in [-0.3, -0.25) is 19.1 Å². The second-order valence-electron chi connectivity index (χ2n) is 9.60. The van der Waals surface area contributed by atoms with Gasteiger partial charge in [0.25, 0.3) is 5.91 Å². The predicted molar refractivity (Wildman–Crippen MR) is 126 cm³/mol. The summed E-state index contributed by atoms with van der Waals surface area (Å²) in [5, 5.41) is 7.46. The molecular formula is C24H38N6O4. The number of fused-ring (bicyclic) bond motifs is 1. The largest absolute Gasteiger partial charge is 0.378 e. The minimum atomic E-state index is -0.100. The van der Waals surface area contributed by atoms with Gasteiger partial charge >= 0.3 is 0 Å². The van der Waals surface area contributed by atoms with Gasteiger partial charge in [0.05, 0.1) is 13.2 Å². The van der Waals surface area contributed by atoms with E-state index in [1.54, 1.807) is 14.5 Å². The van der Waals surface area contributed by atoms with Gasteiger partial charge in [0.15, 0.2) is 5.69 Å². The molecule has 0 spiro atoms. The number of nitrogens with one attached hydrogen (secondary N) is 1. The molecule has 4 rings (SSSR count). The van der Waals surface area contributed by atoms with Crippen LogP contribution >= 0.6 is 0 Å². The molecule has 0 radical (unpaired) electrons. The number of carbonyl (C=O) groups is 3. The van der Waals surface area contributed by atoms with Crippen molar-refractivity contribution in [2.45, 2.75) is 58.0 Å². The topological polar surface area (TPSA) is 100 Å². The third-order valence-corrected chi connectivity index (χ3v) is 7.31. The van der Waals surface area contributed by atoms with Crippen molar-refractivity contribution in [2.75, 3.05) is 52.5 Å². The fourth-order valence-corrected chi connectivity index (χ4v) is 5.15. The minimum absolute atomic E-state index is 0.0557. The number of nitrogens with zero attached hydrogens (tertiary/aromatic N) is 5. The van der Waals surface area contributed by atoms with E-state index in [2.05, 4.69) is 22.2 Å². The third-order valence-electron chi connectivity index (χ3n) is 7.31. The third kappa shape index (κ3) is 5.78. The molecule has 0 aliphatic carbocycles. The highest BCUT2D eigenvalue weighted by molar-refractivity contribution is 5.94. The van der Waals surface area contributed by atoms with Crippen molar-refractivity contribution in [3.05, 3.63) is 17.0 Å².